The van der Waals surface area contributed by atoms with Crippen LogP contribution in [-0.4, -0.2) is 16.0 Å². The summed E-state index contributed by atoms with van der Waals surface area (Å²) in [5.74, 6) is 1.29. The smallest absolute Gasteiger partial charge is 0.223 e. The van der Waals surface area contributed by atoms with Gasteiger partial charge in [0.1, 0.15) is 0 Å². The lowest BCUT2D eigenvalue weighted by Gasteiger charge is -2.10. The van der Waals surface area contributed by atoms with Gasteiger partial charge in [-0.3, -0.25) is 0 Å². The summed E-state index contributed by atoms with van der Waals surface area (Å²) >= 11 is 0. The SMILES string of the molecule is CCc1cc(C(C)C)nc(NC2CC2)n1. The molecule has 1 aromatic rings. The minimum absolute atomic E-state index is 0.470. The summed E-state index contributed by atoms with van der Waals surface area (Å²) in [4.78, 5) is 9.03. The van der Waals surface area contributed by atoms with E-state index in [2.05, 4.69) is 42.1 Å². The van der Waals surface area contributed by atoms with Gasteiger partial charge in [0, 0.05) is 17.4 Å². The molecule has 0 spiro atoms. The maximum atomic E-state index is 4.54. The van der Waals surface area contributed by atoms with Gasteiger partial charge < -0.3 is 5.32 Å². The van der Waals surface area contributed by atoms with Gasteiger partial charge in [-0.25, -0.2) is 9.97 Å². The average Bonchev–Trinajstić information content (AvgIpc) is 3.01. The topological polar surface area (TPSA) is 37.8 Å². The summed E-state index contributed by atoms with van der Waals surface area (Å²) in [5.41, 5.74) is 2.28. The molecule has 2 rings (SSSR count). The molecule has 0 amide bonds. The molecule has 0 saturated heterocycles. The van der Waals surface area contributed by atoms with Gasteiger partial charge in [0.25, 0.3) is 0 Å². The summed E-state index contributed by atoms with van der Waals surface area (Å²) in [7, 11) is 0. The molecular formula is C12H19N3. The van der Waals surface area contributed by atoms with Crippen molar-refractivity contribution in [1.82, 2.24) is 9.97 Å². The molecule has 0 atom stereocenters. The Bertz CT molecular complexity index is 343. The second-order valence-electron chi connectivity index (χ2n) is 4.53. The summed E-state index contributed by atoms with van der Waals surface area (Å²) in [6.07, 6.45) is 3.50. The maximum Gasteiger partial charge on any atom is 0.223 e. The number of rotatable bonds is 4. The van der Waals surface area contributed by atoms with Crippen molar-refractivity contribution in [3.8, 4) is 0 Å². The van der Waals surface area contributed by atoms with Crippen LogP contribution in [0.25, 0.3) is 0 Å². The van der Waals surface area contributed by atoms with E-state index in [4.69, 9.17) is 0 Å². The van der Waals surface area contributed by atoms with Crippen LogP contribution < -0.4 is 5.32 Å². The monoisotopic (exact) mass is 205 g/mol. The van der Waals surface area contributed by atoms with E-state index in [1.54, 1.807) is 0 Å². The molecule has 0 unspecified atom stereocenters. The van der Waals surface area contributed by atoms with Crippen molar-refractivity contribution < 1.29 is 0 Å². The van der Waals surface area contributed by atoms with Crippen molar-refractivity contribution in [2.75, 3.05) is 5.32 Å². The van der Waals surface area contributed by atoms with Gasteiger partial charge in [-0.15, -0.1) is 0 Å². The number of nitrogens with one attached hydrogen (secondary N) is 1. The molecule has 15 heavy (non-hydrogen) atoms. The van der Waals surface area contributed by atoms with E-state index >= 15 is 0 Å². The van der Waals surface area contributed by atoms with E-state index in [9.17, 15) is 0 Å². The molecule has 1 fully saturated rings. The summed E-state index contributed by atoms with van der Waals surface area (Å²) < 4.78 is 0. The molecule has 3 nitrogen and oxygen atoms in total. The van der Waals surface area contributed by atoms with Crippen molar-refractivity contribution in [3.63, 3.8) is 0 Å². The Hall–Kier alpha value is -1.12. The normalized spacial score (nSPS) is 15.7. The van der Waals surface area contributed by atoms with E-state index < -0.39 is 0 Å². The first-order valence-electron chi connectivity index (χ1n) is 5.83. The summed E-state index contributed by atoms with van der Waals surface area (Å²) in [6, 6.07) is 2.74. The summed E-state index contributed by atoms with van der Waals surface area (Å²) in [5, 5.41) is 3.36. The number of aryl methyl sites for hydroxylation is 1. The first kappa shape index (κ1) is 10.4. The van der Waals surface area contributed by atoms with Crippen LogP contribution in [0.2, 0.25) is 0 Å². The quantitative estimate of drug-likeness (QED) is 0.821. The lowest BCUT2D eigenvalue weighted by atomic mass is 10.1. The number of hydrogen-bond donors (Lipinski definition) is 1. The third-order valence-corrected chi connectivity index (χ3v) is 2.66. The fourth-order valence-electron chi connectivity index (χ4n) is 1.47. The number of aromatic nitrogens is 2. The lowest BCUT2D eigenvalue weighted by molar-refractivity contribution is 0.802. The Morgan fingerprint density at radius 1 is 1.40 bits per heavy atom. The van der Waals surface area contributed by atoms with E-state index in [0.29, 0.717) is 12.0 Å². The standard InChI is InChI=1S/C12H19N3/c1-4-9-7-11(8(2)3)15-12(13-9)14-10-5-6-10/h7-8,10H,4-6H2,1-3H3,(H,13,14,15). The Morgan fingerprint density at radius 3 is 2.67 bits per heavy atom. The number of hydrogen-bond acceptors (Lipinski definition) is 3. The van der Waals surface area contributed by atoms with Crippen molar-refractivity contribution in [2.24, 2.45) is 0 Å². The fraction of sp³-hybridized carbons (Fsp3) is 0.667. The Kier molecular flexibility index (Phi) is 2.89. The van der Waals surface area contributed by atoms with Crippen LogP contribution in [0.5, 0.6) is 0 Å². The Labute approximate surface area is 91.3 Å². The van der Waals surface area contributed by atoms with E-state index in [1.165, 1.54) is 12.8 Å². The van der Waals surface area contributed by atoms with Crippen LogP contribution in [-0.2, 0) is 6.42 Å². The molecule has 1 N–H and O–H groups in total. The van der Waals surface area contributed by atoms with Gasteiger partial charge in [0.15, 0.2) is 0 Å². The second kappa shape index (κ2) is 4.17. The molecule has 1 heterocycles. The van der Waals surface area contributed by atoms with Gasteiger partial charge in [0.05, 0.1) is 0 Å². The molecule has 1 aliphatic carbocycles. The first-order chi connectivity index (χ1) is 7.19. The largest absolute Gasteiger partial charge is 0.351 e. The van der Waals surface area contributed by atoms with Crippen LogP contribution in [0, 0.1) is 0 Å². The van der Waals surface area contributed by atoms with Crippen molar-refractivity contribution in [3.05, 3.63) is 17.5 Å². The maximum absolute atomic E-state index is 4.54. The van der Waals surface area contributed by atoms with Crippen molar-refractivity contribution in [2.45, 2.75) is 52.0 Å². The molecule has 82 valence electrons. The van der Waals surface area contributed by atoms with Gasteiger partial charge in [-0.2, -0.15) is 0 Å². The third-order valence-electron chi connectivity index (χ3n) is 2.66. The molecule has 0 aromatic carbocycles. The molecule has 0 bridgehead atoms. The Balaban J connectivity index is 2.23. The number of anilines is 1. The molecule has 0 aliphatic heterocycles. The van der Waals surface area contributed by atoms with Crippen molar-refractivity contribution in [1.29, 1.82) is 0 Å². The zero-order valence-corrected chi connectivity index (χ0v) is 9.75. The van der Waals surface area contributed by atoms with Gasteiger partial charge >= 0.3 is 0 Å². The highest BCUT2D eigenvalue weighted by Gasteiger charge is 2.22. The molecular weight excluding hydrogens is 186 g/mol. The van der Waals surface area contributed by atoms with Crippen LogP contribution >= 0.6 is 0 Å². The number of nitrogens with zero attached hydrogens (tertiary/aromatic N) is 2. The highest BCUT2D eigenvalue weighted by atomic mass is 15.1. The van der Waals surface area contributed by atoms with Gasteiger partial charge in [0.2, 0.25) is 5.95 Å². The summed E-state index contributed by atoms with van der Waals surface area (Å²) in [6.45, 7) is 6.47. The predicted octanol–water partition coefficient (Wildman–Crippen LogP) is 2.74. The third kappa shape index (κ3) is 2.67. The highest BCUT2D eigenvalue weighted by molar-refractivity contribution is 5.32. The van der Waals surface area contributed by atoms with Gasteiger partial charge in [-0.05, 0) is 31.2 Å². The van der Waals surface area contributed by atoms with Crippen molar-refractivity contribution >= 4 is 5.95 Å². The molecule has 3 heteroatoms. The van der Waals surface area contributed by atoms with Gasteiger partial charge in [-0.1, -0.05) is 20.8 Å². The van der Waals surface area contributed by atoms with E-state index in [0.717, 1.165) is 23.8 Å². The second-order valence-corrected chi connectivity index (χ2v) is 4.53. The fourth-order valence-corrected chi connectivity index (χ4v) is 1.47. The zero-order chi connectivity index (χ0) is 10.8. The zero-order valence-electron chi connectivity index (χ0n) is 9.75. The van der Waals surface area contributed by atoms with E-state index in [-0.39, 0.29) is 0 Å². The van der Waals surface area contributed by atoms with Crippen LogP contribution in [0.1, 0.15) is 50.9 Å². The minimum Gasteiger partial charge on any atom is -0.351 e. The molecule has 1 aromatic heterocycles. The lowest BCUT2D eigenvalue weighted by Crippen LogP contribution is -2.09. The van der Waals surface area contributed by atoms with Crippen LogP contribution in [0.3, 0.4) is 0 Å². The predicted molar refractivity (Wildman–Crippen MR) is 62.1 cm³/mol. The molecule has 1 saturated carbocycles. The van der Waals surface area contributed by atoms with E-state index in [1.807, 2.05) is 0 Å². The molecule has 0 radical (unpaired) electrons. The van der Waals surface area contributed by atoms with Crippen LogP contribution in [0.4, 0.5) is 5.95 Å². The first-order valence-corrected chi connectivity index (χ1v) is 5.83. The van der Waals surface area contributed by atoms with Crippen LogP contribution in [0.15, 0.2) is 6.07 Å². The Morgan fingerprint density at radius 2 is 2.13 bits per heavy atom. The molecule has 1 aliphatic rings. The average molecular weight is 205 g/mol. The minimum atomic E-state index is 0.470. The highest BCUT2D eigenvalue weighted by Crippen LogP contribution is 2.24.